The monoisotopic (exact) mass is 164 g/mol. The fraction of sp³-hybridized carbons (Fsp3) is 0.200. The molecular weight excluding hydrogens is 155 g/mol. The minimum atomic E-state index is -0.232. The topological polar surface area (TPSA) is 20.2 Å². The Morgan fingerprint density at radius 3 is 2.83 bits per heavy atom. The number of hydrogen-bond acceptors (Lipinski definition) is 1. The molecule has 1 aromatic rings. The Morgan fingerprint density at radius 2 is 2.25 bits per heavy atom. The summed E-state index contributed by atoms with van der Waals surface area (Å²) >= 11 is 0. The second kappa shape index (κ2) is 3.89. The van der Waals surface area contributed by atoms with E-state index < -0.39 is 0 Å². The number of hydrogen-bond donors (Lipinski definition) is 1. The molecule has 0 aliphatic carbocycles. The van der Waals surface area contributed by atoms with E-state index in [2.05, 4.69) is 11.8 Å². The molecule has 0 saturated heterocycles. The molecule has 12 heavy (non-hydrogen) atoms. The van der Waals surface area contributed by atoms with Gasteiger partial charge >= 0.3 is 0 Å². The summed E-state index contributed by atoms with van der Waals surface area (Å²) in [6.07, 6.45) is 0. The average Bonchev–Trinajstić information content (AvgIpc) is 2.07. The van der Waals surface area contributed by atoms with Crippen LogP contribution in [0.15, 0.2) is 18.2 Å². The molecule has 0 unspecified atom stereocenters. The van der Waals surface area contributed by atoms with Crippen molar-refractivity contribution in [3.8, 4) is 11.8 Å². The predicted octanol–water partition coefficient (Wildman–Crippen LogP) is 1.48. The van der Waals surface area contributed by atoms with Crippen LogP contribution in [0.4, 0.5) is 4.39 Å². The summed E-state index contributed by atoms with van der Waals surface area (Å²) in [5.41, 5.74) is 1.29. The Balaban J connectivity index is 2.97. The highest BCUT2D eigenvalue weighted by atomic mass is 19.1. The summed E-state index contributed by atoms with van der Waals surface area (Å²) in [6, 6.07) is 4.61. The lowest BCUT2D eigenvalue weighted by Crippen LogP contribution is -1.83. The van der Waals surface area contributed by atoms with Gasteiger partial charge in [0.25, 0.3) is 0 Å². The van der Waals surface area contributed by atoms with Gasteiger partial charge in [0.2, 0.25) is 0 Å². The molecular formula is C10H9FO. The maximum Gasteiger partial charge on any atom is 0.126 e. The van der Waals surface area contributed by atoms with Crippen molar-refractivity contribution in [1.29, 1.82) is 0 Å². The molecule has 1 rings (SSSR count). The van der Waals surface area contributed by atoms with E-state index in [1.807, 2.05) is 0 Å². The maximum atomic E-state index is 12.7. The van der Waals surface area contributed by atoms with Crippen LogP contribution in [0.5, 0.6) is 0 Å². The standard InChI is InChI=1S/C10H9FO/c1-8-7-9(3-2-6-12)4-5-10(8)11/h4-5,7,12H,6H2,1H3. The van der Waals surface area contributed by atoms with Gasteiger partial charge in [0.1, 0.15) is 12.4 Å². The zero-order chi connectivity index (χ0) is 8.97. The molecule has 0 aliphatic rings. The van der Waals surface area contributed by atoms with Gasteiger partial charge in [-0.25, -0.2) is 4.39 Å². The molecule has 1 aromatic carbocycles. The third-order valence-electron chi connectivity index (χ3n) is 1.47. The number of aryl methyl sites for hydroxylation is 1. The van der Waals surface area contributed by atoms with E-state index in [0.29, 0.717) is 5.56 Å². The summed E-state index contributed by atoms with van der Waals surface area (Å²) in [6.45, 7) is 1.51. The molecule has 0 atom stereocenters. The third kappa shape index (κ3) is 2.08. The molecule has 0 aliphatic heterocycles. The second-order valence-corrected chi connectivity index (χ2v) is 2.42. The van der Waals surface area contributed by atoms with E-state index in [1.165, 1.54) is 6.07 Å². The van der Waals surface area contributed by atoms with Crippen molar-refractivity contribution in [3.63, 3.8) is 0 Å². The molecule has 0 radical (unpaired) electrons. The van der Waals surface area contributed by atoms with Gasteiger partial charge in [0.15, 0.2) is 0 Å². The Morgan fingerprint density at radius 1 is 1.50 bits per heavy atom. The Hall–Kier alpha value is -1.33. The zero-order valence-corrected chi connectivity index (χ0v) is 6.76. The Bertz CT molecular complexity index is 333. The average molecular weight is 164 g/mol. The van der Waals surface area contributed by atoms with E-state index in [1.54, 1.807) is 19.1 Å². The van der Waals surface area contributed by atoms with Crippen LogP contribution >= 0.6 is 0 Å². The molecule has 62 valence electrons. The van der Waals surface area contributed by atoms with Crippen molar-refractivity contribution in [1.82, 2.24) is 0 Å². The van der Waals surface area contributed by atoms with E-state index in [0.717, 1.165) is 5.56 Å². The van der Waals surface area contributed by atoms with Crippen LogP contribution in [0.1, 0.15) is 11.1 Å². The fourth-order valence-electron chi connectivity index (χ4n) is 0.864. The molecule has 1 nitrogen and oxygen atoms in total. The number of halogens is 1. The van der Waals surface area contributed by atoms with E-state index in [9.17, 15) is 4.39 Å². The second-order valence-electron chi connectivity index (χ2n) is 2.42. The lowest BCUT2D eigenvalue weighted by Gasteiger charge is -1.95. The van der Waals surface area contributed by atoms with Crippen LogP contribution in [0.2, 0.25) is 0 Å². The molecule has 0 heterocycles. The third-order valence-corrected chi connectivity index (χ3v) is 1.47. The van der Waals surface area contributed by atoms with Crippen molar-refractivity contribution in [3.05, 3.63) is 35.1 Å². The molecule has 2 heteroatoms. The van der Waals surface area contributed by atoms with E-state index in [-0.39, 0.29) is 12.4 Å². The summed E-state index contributed by atoms with van der Waals surface area (Å²) < 4.78 is 12.7. The molecule has 0 aromatic heterocycles. The highest BCUT2D eigenvalue weighted by Crippen LogP contribution is 2.07. The summed E-state index contributed by atoms with van der Waals surface area (Å²) in [5, 5.41) is 8.40. The lowest BCUT2D eigenvalue weighted by atomic mass is 10.1. The van der Waals surface area contributed by atoms with Crippen molar-refractivity contribution >= 4 is 0 Å². The minimum Gasteiger partial charge on any atom is -0.384 e. The smallest absolute Gasteiger partial charge is 0.126 e. The van der Waals surface area contributed by atoms with Gasteiger partial charge in [-0.05, 0) is 30.7 Å². The normalized spacial score (nSPS) is 8.92. The van der Waals surface area contributed by atoms with Crippen LogP contribution in [-0.2, 0) is 0 Å². The zero-order valence-electron chi connectivity index (χ0n) is 6.76. The summed E-state index contributed by atoms with van der Waals surface area (Å²) in [7, 11) is 0. The first-order chi connectivity index (χ1) is 5.74. The first-order valence-corrected chi connectivity index (χ1v) is 3.60. The van der Waals surface area contributed by atoms with Gasteiger partial charge < -0.3 is 5.11 Å². The summed E-state index contributed by atoms with van der Waals surface area (Å²) in [4.78, 5) is 0. The SMILES string of the molecule is Cc1cc(C#CCO)ccc1F. The van der Waals surface area contributed by atoms with Crippen LogP contribution in [-0.4, -0.2) is 11.7 Å². The van der Waals surface area contributed by atoms with E-state index >= 15 is 0 Å². The first kappa shape index (κ1) is 8.76. The maximum absolute atomic E-state index is 12.7. The molecule has 0 fully saturated rings. The van der Waals surface area contributed by atoms with Crippen LogP contribution in [0, 0.1) is 24.6 Å². The molecule has 1 N–H and O–H groups in total. The molecule has 0 saturated carbocycles. The largest absolute Gasteiger partial charge is 0.384 e. The Kier molecular flexibility index (Phi) is 2.84. The minimum absolute atomic E-state index is 0.170. The van der Waals surface area contributed by atoms with Crippen LogP contribution in [0.3, 0.4) is 0 Å². The van der Waals surface area contributed by atoms with Crippen molar-refractivity contribution in [2.24, 2.45) is 0 Å². The number of aliphatic hydroxyl groups is 1. The van der Waals surface area contributed by atoms with Gasteiger partial charge in [0, 0.05) is 5.56 Å². The van der Waals surface area contributed by atoms with Crippen molar-refractivity contribution < 1.29 is 9.50 Å². The molecule has 0 spiro atoms. The van der Waals surface area contributed by atoms with Gasteiger partial charge in [0.05, 0.1) is 0 Å². The van der Waals surface area contributed by atoms with Crippen molar-refractivity contribution in [2.75, 3.05) is 6.61 Å². The fourth-order valence-corrected chi connectivity index (χ4v) is 0.864. The molecule has 0 bridgehead atoms. The first-order valence-electron chi connectivity index (χ1n) is 3.60. The van der Waals surface area contributed by atoms with Gasteiger partial charge in [-0.15, -0.1) is 0 Å². The van der Waals surface area contributed by atoms with Gasteiger partial charge in [-0.2, -0.15) is 0 Å². The number of benzene rings is 1. The van der Waals surface area contributed by atoms with Gasteiger partial charge in [-0.3, -0.25) is 0 Å². The highest BCUT2D eigenvalue weighted by Gasteiger charge is 1.95. The van der Waals surface area contributed by atoms with Gasteiger partial charge in [-0.1, -0.05) is 11.8 Å². The van der Waals surface area contributed by atoms with Crippen LogP contribution in [0.25, 0.3) is 0 Å². The number of rotatable bonds is 0. The predicted molar refractivity (Wildman–Crippen MR) is 45.1 cm³/mol. The lowest BCUT2D eigenvalue weighted by molar-refractivity contribution is 0.350. The number of aliphatic hydroxyl groups excluding tert-OH is 1. The van der Waals surface area contributed by atoms with Crippen molar-refractivity contribution in [2.45, 2.75) is 6.92 Å². The highest BCUT2D eigenvalue weighted by molar-refractivity contribution is 5.37. The summed E-state index contributed by atoms with van der Waals surface area (Å²) in [5.74, 6) is 4.96. The van der Waals surface area contributed by atoms with Crippen LogP contribution < -0.4 is 0 Å². The Labute approximate surface area is 70.9 Å². The molecule has 0 amide bonds. The van der Waals surface area contributed by atoms with E-state index in [4.69, 9.17) is 5.11 Å². The quantitative estimate of drug-likeness (QED) is 0.576.